The van der Waals surface area contributed by atoms with Crippen molar-refractivity contribution in [1.82, 2.24) is 9.80 Å². The number of rotatable bonds is 11. The summed E-state index contributed by atoms with van der Waals surface area (Å²) < 4.78 is 5.38. The highest BCUT2D eigenvalue weighted by Crippen LogP contribution is 2.27. The standard InChI is InChI=1S/C28H34ClN3O3/c1-4-21-16-23(6-8-27(21)35-3)28(34)22-9-13-32(14-10-22)25(19-33)11-12-31(2)18-20-5-7-26(29)24(15-20)17-30/h5-8,15-16,19,22,25H,4,9-14,18H2,1-3H3. The van der Waals surface area contributed by atoms with E-state index in [2.05, 4.69) is 22.8 Å². The molecule has 0 amide bonds. The van der Waals surface area contributed by atoms with Gasteiger partial charge in [0.1, 0.15) is 18.1 Å². The molecule has 0 N–H and O–H groups in total. The number of likely N-dealkylation sites (tertiary alicyclic amines) is 1. The minimum Gasteiger partial charge on any atom is -0.496 e. The smallest absolute Gasteiger partial charge is 0.166 e. The van der Waals surface area contributed by atoms with E-state index in [1.807, 2.05) is 37.4 Å². The molecule has 1 aliphatic heterocycles. The van der Waals surface area contributed by atoms with Gasteiger partial charge in [-0.1, -0.05) is 24.6 Å². The molecule has 0 aliphatic carbocycles. The molecule has 0 aromatic heterocycles. The van der Waals surface area contributed by atoms with Gasteiger partial charge in [-0.15, -0.1) is 0 Å². The maximum atomic E-state index is 13.1. The number of nitriles is 1. The van der Waals surface area contributed by atoms with Crippen molar-refractivity contribution in [1.29, 1.82) is 5.26 Å². The zero-order chi connectivity index (χ0) is 25.4. The normalized spacial score (nSPS) is 15.5. The van der Waals surface area contributed by atoms with Crippen LogP contribution in [0.2, 0.25) is 5.02 Å². The summed E-state index contributed by atoms with van der Waals surface area (Å²) in [7, 11) is 3.65. The fourth-order valence-corrected chi connectivity index (χ4v) is 4.93. The number of benzene rings is 2. The topological polar surface area (TPSA) is 73.6 Å². The van der Waals surface area contributed by atoms with E-state index in [0.717, 1.165) is 74.0 Å². The van der Waals surface area contributed by atoms with E-state index in [9.17, 15) is 14.9 Å². The minimum absolute atomic E-state index is 0.0152. The number of carbonyl (C=O) groups is 2. The van der Waals surface area contributed by atoms with E-state index in [1.165, 1.54) is 0 Å². The second-order valence-corrected chi connectivity index (χ2v) is 9.62. The number of hydrogen-bond acceptors (Lipinski definition) is 6. The lowest BCUT2D eigenvalue weighted by Gasteiger charge is -2.35. The number of piperidine rings is 1. The van der Waals surface area contributed by atoms with Crippen molar-refractivity contribution >= 4 is 23.7 Å². The van der Waals surface area contributed by atoms with Crippen LogP contribution < -0.4 is 4.74 Å². The van der Waals surface area contributed by atoms with E-state index in [1.54, 1.807) is 13.2 Å². The van der Waals surface area contributed by atoms with Gasteiger partial charge in [-0.3, -0.25) is 9.69 Å². The summed E-state index contributed by atoms with van der Waals surface area (Å²) in [5.41, 5.74) is 3.28. The van der Waals surface area contributed by atoms with Gasteiger partial charge in [-0.2, -0.15) is 5.26 Å². The third-order valence-corrected chi connectivity index (χ3v) is 7.21. The van der Waals surface area contributed by atoms with Crippen LogP contribution in [0.5, 0.6) is 5.75 Å². The lowest BCUT2D eigenvalue weighted by atomic mass is 9.87. The second kappa shape index (κ2) is 12.8. The summed E-state index contributed by atoms with van der Waals surface area (Å²) in [6.45, 7) is 4.96. The molecule has 0 bridgehead atoms. The van der Waals surface area contributed by atoms with Gasteiger partial charge in [-0.25, -0.2) is 0 Å². The van der Waals surface area contributed by atoms with Crippen molar-refractivity contribution in [2.45, 2.75) is 45.2 Å². The molecular weight excluding hydrogens is 462 g/mol. The van der Waals surface area contributed by atoms with Gasteiger partial charge < -0.3 is 14.4 Å². The van der Waals surface area contributed by atoms with Gasteiger partial charge >= 0.3 is 0 Å². The molecular formula is C28H34ClN3O3. The molecule has 2 aromatic rings. The molecule has 1 unspecified atom stereocenters. The van der Waals surface area contributed by atoms with Crippen molar-refractivity contribution in [3.05, 3.63) is 63.7 Å². The molecule has 6 nitrogen and oxygen atoms in total. The van der Waals surface area contributed by atoms with Crippen LogP contribution >= 0.6 is 11.6 Å². The lowest BCUT2D eigenvalue weighted by Crippen LogP contribution is -2.44. The fourth-order valence-electron chi connectivity index (χ4n) is 4.77. The maximum Gasteiger partial charge on any atom is 0.166 e. The minimum atomic E-state index is -0.166. The van der Waals surface area contributed by atoms with E-state index >= 15 is 0 Å². The number of nitrogens with zero attached hydrogens (tertiary/aromatic N) is 3. The number of aryl methyl sites for hydroxylation is 1. The highest BCUT2D eigenvalue weighted by atomic mass is 35.5. The number of carbonyl (C=O) groups excluding carboxylic acids is 2. The van der Waals surface area contributed by atoms with Crippen LogP contribution in [-0.4, -0.2) is 61.7 Å². The zero-order valence-corrected chi connectivity index (χ0v) is 21.6. The Bertz CT molecular complexity index is 1070. The number of Topliss-reactive ketones (excluding diaryl/α,β-unsaturated/α-hetero) is 1. The second-order valence-electron chi connectivity index (χ2n) is 9.21. The van der Waals surface area contributed by atoms with E-state index in [-0.39, 0.29) is 17.7 Å². The molecule has 1 heterocycles. The van der Waals surface area contributed by atoms with Gasteiger partial charge in [-0.05, 0) is 87.3 Å². The van der Waals surface area contributed by atoms with Crippen LogP contribution in [0.3, 0.4) is 0 Å². The summed E-state index contributed by atoms with van der Waals surface area (Å²) >= 11 is 6.02. The Balaban J connectivity index is 1.51. The number of methoxy groups -OCH3 is 1. The van der Waals surface area contributed by atoms with Crippen molar-refractivity contribution in [3.63, 3.8) is 0 Å². The summed E-state index contributed by atoms with van der Waals surface area (Å²) in [6, 6.07) is 13.1. The van der Waals surface area contributed by atoms with E-state index in [4.69, 9.17) is 16.3 Å². The van der Waals surface area contributed by atoms with Crippen molar-refractivity contribution in [2.75, 3.05) is 33.8 Å². The molecule has 1 fully saturated rings. The number of halogens is 1. The molecule has 1 saturated heterocycles. The molecule has 2 aromatic carbocycles. The predicted molar refractivity (Wildman–Crippen MR) is 138 cm³/mol. The van der Waals surface area contributed by atoms with E-state index in [0.29, 0.717) is 17.1 Å². The Hall–Kier alpha value is -2.72. The third kappa shape index (κ3) is 6.91. The summed E-state index contributed by atoms with van der Waals surface area (Å²) in [4.78, 5) is 29.3. The summed E-state index contributed by atoms with van der Waals surface area (Å²) in [5.74, 6) is 0.988. The van der Waals surface area contributed by atoms with Gasteiger partial charge in [0.15, 0.2) is 5.78 Å². The first kappa shape index (κ1) is 26.9. The molecule has 3 rings (SSSR count). The maximum absolute atomic E-state index is 13.1. The molecule has 7 heteroatoms. The third-order valence-electron chi connectivity index (χ3n) is 6.88. The Morgan fingerprint density at radius 1 is 1.29 bits per heavy atom. The van der Waals surface area contributed by atoms with Gasteiger partial charge in [0, 0.05) is 24.6 Å². The summed E-state index contributed by atoms with van der Waals surface area (Å²) in [5, 5.41) is 9.63. The predicted octanol–water partition coefficient (Wildman–Crippen LogP) is 4.77. The van der Waals surface area contributed by atoms with Crippen LogP contribution in [-0.2, 0) is 17.8 Å². The van der Waals surface area contributed by atoms with Gasteiger partial charge in [0.05, 0.1) is 23.7 Å². The Labute approximate surface area is 213 Å². The van der Waals surface area contributed by atoms with E-state index < -0.39 is 0 Å². The Kier molecular flexibility index (Phi) is 9.85. The average Bonchev–Trinajstić information content (AvgIpc) is 2.89. The quantitative estimate of drug-likeness (QED) is 0.330. The number of ketones is 1. The van der Waals surface area contributed by atoms with Crippen LogP contribution in [0.4, 0.5) is 0 Å². The Morgan fingerprint density at radius 3 is 2.66 bits per heavy atom. The SMILES string of the molecule is CCc1cc(C(=O)C2CCN(C(C=O)CCN(C)Cc3ccc(Cl)c(C#N)c3)CC2)ccc1OC. The van der Waals surface area contributed by atoms with Crippen LogP contribution in [0, 0.1) is 17.2 Å². The average molecular weight is 496 g/mol. The van der Waals surface area contributed by atoms with Crippen LogP contribution in [0.15, 0.2) is 36.4 Å². The van der Waals surface area contributed by atoms with Crippen molar-refractivity contribution in [2.24, 2.45) is 5.92 Å². The summed E-state index contributed by atoms with van der Waals surface area (Å²) in [6.07, 6.45) is 4.08. The number of hydrogen-bond donors (Lipinski definition) is 0. The first-order valence-electron chi connectivity index (χ1n) is 12.2. The Morgan fingerprint density at radius 2 is 2.03 bits per heavy atom. The highest BCUT2D eigenvalue weighted by molar-refractivity contribution is 6.31. The molecule has 0 spiro atoms. The molecule has 0 radical (unpaired) electrons. The number of aldehydes is 1. The van der Waals surface area contributed by atoms with Crippen LogP contribution in [0.1, 0.15) is 53.2 Å². The largest absolute Gasteiger partial charge is 0.496 e. The van der Waals surface area contributed by atoms with Gasteiger partial charge in [0.2, 0.25) is 0 Å². The molecule has 186 valence electrons. The van der Waals surface area contributed by atoms with Crippen molar-refractivity contribution in [3.8, 4) is 11.8 Å². The zero-order valence-electron chi connectivity index (χ0n) is 20.8. The number of ether oxygens (including phenoxy) is 1. The first-order chi connectivity index (χ1) is 16.9. The monoisotopic (exact) mass is 495 g/mol. The molecule has 1 atom stereocenters. The lowest BCUT2D eigenvalue weighted by molar-refractivity contribution is -0.113. The molecule has 1 aliphatic rings. The highest BCUT2D eigenvalue weighted by Gasteiger charge is 2.29. The van der Waals surface area contributed by atoms with Crippen LogP contribution in [0.25, 0.3) is 0 Å². The molecule has 0 saturated carbocycles. The molecule has 35 heavy (non-hydrogen) atoms. The van der Waals surface area contributed by atoms with Crippen molar-refractivity contribution < 1.29 is 14.3 Å². The van der Waals surface area contributed by atoms with Gasteiger partial charge in [0.25, 0.3) is 0 Å². The fraction of sp³-hybridized carbons (Fsp3) is 0.464. The first-order valence-corrected chi connectivity index (χ1v) is 12.6.